The maximum atomic E-state index is 6.23. The molecule has 0 aromatic carbocycles. The molecule has 2 nitrogen and oxygen atoms in total. The first kappa shape index (κ1) is 18.0. The molecule has 1 fully saturated rings. The monoisotopic (exact) mass is 283 g/mol. The molecular formula is C18H37NO. The summed E-state index contributed by atoms with van der Waals surface area (Å²) < 4.78 is 6.23. The third kappa shape index (κ3) is 7.08. The molecule has 0 heterocycles. The van der Waals surface area contributed by atoms with Crippen LogP contribution in [-0.4, -0.2) is 25.8 Å². The Labute approximate surface area is 127 Å². The van der Waals surface area contributed by atoms with Crippen molar-refractivity contribution in [3.8, 4) is 0 Å². The molecule has 1 N–H and O–H groups in total. The Balaban J connectivity index is 2.09. The first-order valence-corrected chi connectivity index (χ1v) is 8.97. The molecule has 1 saturated carbocycles. The Bertz CT molecular complexity index is 229. The molecule has 3 unspecified atom stereocenters. The third-order valence-corrected chi connectivity index (χ3v) is 4.72. The third-order valence-electron chi connectivity index (χ3n) is 4.72. The van der Waals surface area contributed by atoms with Crippen molar-refractivity contribution in [2.75, 3.05) is 19.7 Å². The van der Waals surface area contributed by atoms with Crippen molar-refractivity contribution in [2.45, 2.75) is 78.7 Å². The van der Waals surface area contributed by atoms with Crippen molar-refractivity contribution < 1.29 is 4.74 Å². The van der Waals surface area contributed by atoms with Gasteiger partial charge in [-0.3, -0.25) is 0 Å². The molecule has 0 amide bonds. The lowest BCUT2D eigenvalue weighted by Gasteiger charge is -2.37. The van der Waals surface area contributed by atoms with E-state index < -0.39 is 0 Å². The molecule has 0 aliphatic heterocycles. The van der Waals surface area contributed by atoms with Crippen LogP contribution in [0.3, 0.4) is 0 Å². The average Bonchev–Trinajstić information content (AvgIpc) is 2.41. The van der Waals surface area contributed by atoms with Gasteiger partial charge in [0, 0.05) is 6.61 Å². The zero-order valence-electron chi connectivity index (χ0n) is 14.3. The maximum Gasteiger partial charge on any atom is 0.0608 e. The highest BCUT2D eigenvalue weighted by atomic mass is 16.5. The molecule has 3 atom stereocenters. The zero-order chi connectivity index (χ0) is 14.8. The van der Waals surface area contributed by atoms with Crippen LogP contribution in [0.1, 0.15) is 72.6 Å². The highest BCUT2D eigenvalue weighted by molar-refractivity contribution is 4.81. The van der Waals surface area contributed by atoms with E-state index in [2.05, 4.69) is 33.0 Å². The van der Waals surface area contributed by atoms with E-state index in [-0.39, 0.29) is 0 Å². The fourth-order valence-corrected chi connectivity index (χ4v) is 3.37. The number of nitrogens with one attached hydrogen (secondary N) is 1. The van der Waals surface area contributed by atoms with Gasteiger partial charge in [0.05, 0.1) is 6.10 Å². The van der Waals surface area contributed by atoms with Crippen LogP contribution in [0.2, 0.25) is 0 Å². The number of ether oxygens (including phenoxy) is 1. The Morgan fingerprint density at radius 1 is 1.10 bits per heavy atom. The number of hydrogen-bond donors (Lipinski definition) is 1. The number of hydrogen-bond acceptors (Lipinski definition) is 2. The molecule has 1 rings (SSSR count). The molecule has 20 heavy (non-hydrogen) atoms. The van der Waals surface area contributed by atoms with Crippen molar-refractivity contribution in [1.82, 2.24) is 5.32 Å². The van der Waals surface area contributed by atoms with E-state index in [0.29, 0.717) is 6.10 Å². The quantitative estimate of drug-likeness (QED) is 0.590. The maximum absolute atomic E-state index is 6.23. The first-order chi connectivity index (χ1) is 9.65. The predicted octanol–water partition coefficient (Wildman–Crippen LogP) is 4.63. The fraction of sp³-hybridized carbons (Fsp3) is 1.00. The molecule has 2 heteroatoms. The Morgan fingerprint density at radius 3 is 2.60 bits per heavy atom. The summed E-state index contributed by atoms with van der Waals surface area (Å²) in [6, 6.07) is 0. The summed E-state index contributed by atoms with van der Waals surface area (Å²) in [7, 11) is 0. The Morgan fingerprint density at radius 2 is 1.90 bits per heavy atom. The smallest absolute Gasteiger partial charge is 0.0608 e. The SMILES string of the molecule is CCCNCCCCCOC1CC(C)CCC1C(C)C. The average molecular weight is 284 g/mol. The van der Waals surface area contributed by atoms with Gasteiger partial charge in [-0.1, -0.05) is 34.1 Å². The van der Waals surface area contributed by atoms with E-state index in [1.54, 1.807) is 0 Å². The molecule has 0 aromatic rings. The van der Waals surface area contributed by atoms with E-state index in [1.807, 2.05) is 0 Å². The minimum atomic E-state index is 0.525. The van der Waals surface area contributed by atoms with E-state index in [9.17, 15) is 0 Å². The Kier molecular flexibility index (Phi) is 9.54. The zero-order valence-corrected chi connectivity index (χ0v) is 14.3. The standard InChI is InChI=1S/C18H37NO/c1-5-11-19-12-7-6-8-13-20-18-14-16(4)9-10-17(18)15(2)3/h15-19H,5-14H2,1-4H3. The molecule has 0 aromatic heterocycles. The summed E-state index contributed by atoms with van der Waals surface area (Å²) in [6.45, 7) is 12.6. The van der Waals surface area contributed by atoms with Gasteiger partial charge in [-0.25, -0.2) is 0 Å². The second-order valence-electron chi connectivity index (χ2n) is 7.05. The van der Waals surface area contributed by atoms with Crippen molar-refractivity contribution in [1.29, 1.82) is 0 Å². The molecule has 1 aliphatic carbocycles. The normalized spacial score (nSPS) is 27.1. The van der Waals surface area contributed by atoms with Gasteiger partial charge in [-0.2, -0.15) is 0 Å². The van der Waals surface area contributed by atoms with Crippen LogP contribution in [0.4, 0.5) is 0 Å². The van der Waals surface area contributed by atoms with Gasteiger partial charge < -0.3 is 10.1 Å². The fourth-order valence-electron chi connectivity index (χ4n) is 3.37. The van der Waals surface area contributed by atoms with Crippen molar-refractivity contribution in [2.24, 2.45) is 17.8 Å². The topological polar surface area (TPSA) is 21.3 Å². The van der Waals surface area contributed by atoms with E-state index in [1.165, 1.54) is 51.5 Å². The van der Waals surface area contributed by atoms with Crippen LogP contribution >= 0.6 is 0 Å². The van der Waals surface area contributed by atoms with Crippen molar-refractivity contribution in [3.05, 3.63) is 0 Å². The highest BCUT2D eigenvalue weighted by Gasteiger charge is 2.31. The number of rotatable bonds is 10. The molecule has 0 radical (unpaired) electrons. The molecule has 0 saturated heterocycles. The summed E-state index contributed by atoms with van der Waals surface area (Å²) in [5, 5.41) is 3.46. The van der Waals surface area contributed by atoms with Crippen LogP contribution in [0.5, 0.6) is 0 Å². The summed E-state index contributed by atoms with van der Waals surface area (Å²) in [6.07, 6.45) is 9.61. The second kappa shape index (κ2) is 10.6. The van der Waals surface area contributed by atoms with Crippen LogP contribution < -0.4 is 5.32 Å². The molecule has 0 bridgehead atoms. The van der Waals surface area contributed by atoms with Gasteiger partial charge in [0.25, 0.3) is 0 Å². The van der Waals surface area contributed by atoms with Gasteiger partial charge in [-0.15, -0.1) is 0 Å². The van der Waals surface area contributed by atoms with Crippen LogP contribution in [0, 0.1) is 17.8 Å². The minimum absolute atomic E-state index is 0.525. The summed E-state index contributed by atoms with van der Waals surface area (Å²) in [5.41, 5.74) is 0. The van der Waals surface area contributed by atoms with Crippen LogP contribution in [0.25, 0.3) is 0 Å². The lowest BCUT2D eigenvalue weighted by Crippen LogP contribution is -2.34. The minimum Gasteiger partial charge on any atom is -0.378 e. The van der Waals surface area contributed by atoms with Gasteiger partial charge >= 0.3 is 0 Å². The van der Waals surface area contributed by atoms with Crippen molar-refractivity contribution >= 4 is 0 Å². The molecule has 1 aliphatic rings. The largest absolute Gasteiger partial charge is 0.378 e. The van der Waals surface area contributed by atoms with Gasteiger partial charge in [0.1, 0.15) is 0 Å². The second-order valence-corrected chi connectivity index (χ2v) is 7.05. The summed E-state index contributed by atoms with van der Waals surface area (Å²) in [4.78, 5) is 0. The first-order valence-electron chi connectivity index (χ1n) is 8.97. The molecular weight excluding hydrogens is 246 g/mol. The van der Waals surface area contributed by atoms with E-state index in [4.69, 9.17) is 4.74 Å². The van der Waals surface area contributed by atoms with E-state index in [0.717, 1.165) is 30.9 Å². The van der Waals surface area contributed by atoms with Crippen LogP contribution in [-0.2, 0) is 4.74 Å². The molecule has 120 valence electrons. The lowest BCUT2D eigenvalue weighted by molar-refractivity contribution is -0.0394. The highest BCUT2D eigenvalue weighted by Crippen LogP contribution is 2.35. The summed E-state index contributed by atoms with van der Waals surface area (Å²) >= 11 is 0. The van der Waals surface area contributed by atoms with Crippen molar-refractivity contribution in [3.63, 3.8) is 0 Å². The predicted molar refractivity (Wildman–Crippen MR) is 88.1 cm³/mol. The van der Waals surface area contributed by atoms with Gasteiger partial charge in [0.15, 0.2) is 0 Å². The summed E-state index contributed by atoms with van der Waals surface area (Å²) in [5.74, 6) is 2.41. The van der Waals surface area contributed by atoms with Gasteiger partial charge in [0.2, 0.25) is 0 Å². The lowest BCUT2D eigenvalue weighted by atomic mass is 9.75. The van der Waals surface area contributed by atoms with E-state index >= 15 is 0 Å². The van der Waals surface area contributed by atoms with Gasteiger partial charge in [-0.05, 0) is 69.4 Å². The number of unbranched alkanes of at least 4 members (excludes halogenated alkanes) is 2. The Hall–Kier alpha value is -0.0800. The molecule has 0 spiro atoms. The van der Waals surface area contributed by atoms with Crippen LogP contribution in [0.15, 0.2) is 0 Å².